The van der Waals surface area contributed by atoms with E-state index < -0.39 is 0 Å². The maximum absolute atomic E-state index is 13.3. The van der Waals surface area contributed by atoms with Crippen molar-refractivity contribution in [2.45, 2.75) is 57.5 Å². The molecule has 1 saturated heterocycles. The third kappa shape index (κ3) is 3.76. The minimum Gasteiger partial charge on any atom is -0.454 e. The average molecular weight is 344 g/mol. The normalized spacial score (nSPS) is 23.4. The van der Waals surface area contributed by atoms with Crippen molar-refractivity contribution in [3.8, 4) is 11.5 Å². The van der Waals surface area contributed by atoms with E-state index in [9.17, 15) is 4.79 Å². The van der Waals surface area contributed by atoms with Gasteiger partial charge in [0.15, 0.2) is 11.5 Å². The van der Waals surface area contributed by atoms with E-state index in [0.29, 0.717) is 18.5 Å². The summed E-state index contributed by atoms with van der Waals surface area (Å²) in [5.41, 5.74) is 1.13. The van der Waals surface area contributed by atoms with E-state index in [1.165, 1.54) is 19.3 Å². The van der Waals surface area contributed by atoms with Crippen molar-refractivity contribution < 1.29 is 14.3 Å². The second-order valence-corrected chi connectivity index (χ2v) is 7.49. The molecule has 0 aromatic heterocycles. The summed E-state index contributed by atoms with van der Waals surface area (Å²) in [6.07, 6.45) is 8.15. The minimum absolute atomic E-state index is 0.129. The van der Waals surface area contributed by atoms with Crippen molar-refractivity contribution in [3.05, 3.63) is 23.8 Å². The first kappa shape index (κ1) is 16.7. The predicted octanol–water partition coefficient (Wildman–Crippen LogP) is 3.08. The molecule has 136 valence electrons. The van der Waals surface area contributed by atoms with Gasteiger partial charge in [0.1, 0.15) is 0 Å². The summed E-state index contributed by atoms with van der Waals surface area (Å²) in [6, 6.07) is 6.44. The summed E-state index contributed by atoms with van der Waals surface area (Å²) in [5.74, 6) is 2.06. The van der Waals surface area contributed by atoms with E-state index in [-0.39, 0.29) is 12.7 Å². The van der Waals surface area contributed by atoms with Crippen LogP contribution in [0.5, 0.6) is 11.5 Å². The third-order valence-electron chi connectivity index (χ3n) is 5.73. The van der Waals surface area contributed by atoms with Crippen molar-refractivity contribution in [1.29, 1.82) is 0 Å². The van der Waals surface area contributed by atoms with Gasteiger partial charge >= 0.3 is 0 Å². The van der Waals surface area contributed by atoms with E-state index in [1.54, 1.807) is 0 Å². The molecule has 1 aromatic rings. The van der Waals surface area contributed by atoms with Crippen LogP contribution in [0.15, 0.2) is 18.2 Å². The lowest BCUT2D eigenvalue weighted by Gasteiger charge is -2.37. The van der Waals surface area contributed by atoms with Gasteiger partial charge in [-0.2, -0.15) is 0 Å². The molecule has 1 aromatic carbocycles. The second-order valence-electron chi connectivity index (χ2n) is 7.49. The number of rotatable bonds is 4. The molecule has 1 N–H and O–H groups in total. The molecule has 1 atom stereocenters. The maximum atomic E-state index is 13.3. The van der Waals surface area contributed by atoms with Crippen LogP contribution in [-0.4, -0.2) is 36.7 Å². The molecule has 5 nitrogen and oxygen atoms in total. The summed E-state index contributed by atoms with van der Waals surface area (Å²) in [5, 5.41) is 3.39. The molecule has 1 aliphatic carbocycles. The quantitative estimate of drug-likeness (QED) is 0.912. The van der Waals surface area contributed by atoms with E-state index in [1.807, 2.05) is 12.1 Å². The molecular formula is C20H28N2O3. The lowest BCUT2D eigenvalue weighted by Crippen LogP contribution is -2.47. The number of ether oxygens (including phenoxy) is 2. The van der Waals surface area contributed by atoms with Crippen LogP contribution in [0.25, 0.3) is 0 Å². The van der Waals surface area contributed by atoms with Crippen LogP contribution in [0.2, 0.25) is 0 Å². The van der Waals surface area contributed by atoms with Crippen LogP contribution >= 0.6 is 0 Å². The Morgan fingerprint density at radius 2 is 1.92 bits per heavy atom. The lowest BCUT2D eigenvalue weighted by molar-refractivity contribution is -0.140. The standard InChI is InChI=1S/C20H28N2O3/c23-20(16-5-4-10-21-12-16)22(17-6-2-1-3-7-17)13-15-8-9-18-19(11-15)25-14-24-18/h8-9,11,16-17,21H,1-7,10,12-14H2. The van der Waals surface area contributed by atoms with Crippen LogP contribution < -0.4 is 14.8 Å². The number of hydrogen-bond acceptors (Lipinski definition) is 4. The number of benzene rings is 1. The first-order chi connectivity index (χ1) is 12.3. The smallest absolute Gasteiger partial charge is 0.231 e. The highest BCUT2D eigenvalue weighted by molar-refractivity contribution is 5.79. The predicted molar refractivity (Wildman–Crippen MR) is 95.6 cm³/mol. The van der Waals surface area contributed by atoms with Gasteiger partial charge in [-0.3, -0.25) is 4.79 Å². The first-order valence-electron chi connectivity index (χ1n) is 9.71. The molecule has 1 unspecified atom stereocenters. The fourth-order valence-electron chi connectivity index (χ4n) is 4.31. The van der Waals surface area contributed by atoms with Crippen LogP contribution in [-0.2, 0) is 11.3 Å². The van der Waals surface area contributed by atoms with Crippen molar-refractivity contribution in [2.24, 2.45) is 5.92 Å². The number of piperidine rings is 1. The zero-order chi connectivity index (χ0) is 17.1. The van der Waals surface area contributed by atoms with Crippen molar-refractivity contribution in [1.82, 2.24) is 10.2 Å². The Labute approximate surface area is 149 Å². The summed E-state index contributed by atoms with van der Waals surface area (Å²) in [7, 11) is 0. The first-order valence-corrected chi connectivity index (χ1v) is 9.71. The summed E-state index contributed by atoms with van der Waals surface area (Å²) in [6.45, 7) is 2.83. The fraction of sp³-hybridized carbons (Fsp3) is 0.650. The Morgan fingerprint density at radius 1 is 1.08 bits per heavy atom. The number of hydrogen-bond donors (Lipinski definition) is 1. The molecule has 0 spiro atoms. The van der Waals surface area contributed by atoms with E-state index in [0.717, 1.165) is 55.8 Å². The van der Waals surface area contributed by atoms with Gasteiger partial charge in [-0.05, 0) is 49.9 Å². The summed E-state index contributed by atoms with van der Waals surface area (Å²) < 4.78 is 10.9. The molecule has 2 heterocycles. The topological polar surface area (TPSA) is 50.8 Å². The summed E-state index contributed by atoms with van der Waals surface area (Å²) in [4.78, 5) is 15.4. The van der Waals surface area contributed by atoms with Crippen molar-refractivity contribution in [2.75, 3.05) is 19.9 Å². The van der Waals surface area contributed by atoms with Gasteiger partial charge in [-0.1, -0.05) is 25.3 Å². The highest BCUT2D eigenvalue weighted by atomic mass is 16.7. The lowest BCUT2D eigenvalue weighted by atomic mass is 9.91. The van der Waals surface area contributed by atoms with Gasteiger partial charge in [-0.25, -0.2) is 0 Å². The van der Waals surface area contributed by atoms with E-state index in [4.69, 9.17) is 9.47 Å². The molecule has 0 bridgehead atoms. The SMILES string of the molecule is O=C(C1CCCNC1)N(Cc1ccc2c(c1)OCO2)C1CCCCC1. The number of carbonyl (C=O) groups is 1. The number of carbonyl (C=O) groups excluding carboxylic acids is 1. The Morgan fingerprint density at radius 3 is 2.72 bits per heavy atom. The second kappa shape index (κ2) is 7.65. The van der Waals surface area contributed by atoms with Crippen LogP contribution in [0.4, 0.5) is 0 Å². The number of nitrogens with zero attached hydrogens (tertiary/aromatic N) is 1. The van der Waals surface area contributed by atoms with Crippen molar-refractivity contribution >= 4 is 5.91 Å². The van der Waals surface area contributed by atoms with Gasteiger partial charge in [0.05, 0.1) is 5.92 Å². The minimum atomic E-state index is 0.129. The molecule has 1 amide bonds. The average Bonchev–Trinajstić information content (AvgIpc) is 3.15. The molecule has 2 aliphatic heterocycles. The molecular weight excluding hydrogens is 316 g/mol. The highest BCUT2D eigenvalue weighted by Gasteiger charge is 2.31. The van der Waals surface area contributed by atoms with Crippen LogP contribution in [0.1, 0.15) is 50.5 Å². The summed E-state index contributed by atoms with van der Waals surface area (Å²) >= 11 is 0. The number of nitrogens with one attached hydrogen (secondary N) is 1. The van der Waals surface area contributed by atoms with E-state index >= 15 is 0 Å². The molecule has 2 fully saturated rings. The molecule has 1 saturated carbocycles. The van der Waals surface area contributed by atoms with Gasteiger partial charge in [-0.15, -0.1) is 0 Å². The molecule has 0 radical (unpaired) electrons. The third-order valence-corrected chi connectivity index (χ3v) is 5.73. The monoisotopic (exact) mass is 344 g/mol. The van der Waals surface area contributed by atoms with Gasteiger partial charge in [0.25, 0.3) is 0 Å². The van der Waals surface area contributed by atoms with Gasteiger partial charge in [0.2, 0.25) is 12.7 Å². The van der Waals surface area contributed by atoms with Gasteiger partial charge in [0, 0.05) is 19.1 Å². The van der Waals surface area contributed by atoms with Crippen molar-refractivity contribution in [3.63, 3.8) is 0 Å². The fourth-order valence-corrected chi connectivity index (χ4v) is 4.31. The zero-order valence-corrected chi connectivity index (χ0v) is 14.8. The number of fused-ring (bicyclic) bond motifs is 1. The largest absolute Gasteiger partial charge is 0.454 e. The maximum Gasteiger partial charge on any atom is 0.231 e. The Balaban J connectivity index is 1.52. The molecule has 4 rings (SSSR count). The molecule has 3 aliphatic rings. The van der Waals surface area contributed by atoms with Crippen LogP contribution in [0.3, 0.4) is 0 Å². The Bertz CT molecular complexity index is 607. The Kier molecular flexibility index (Phi) is 5.11. The van der Waals surface area contributed by atoms with Gasteiger partial charge < -0.3 is 19.7 Å². The highest BCUT2D eigenvalue weighted by Crippen LogP contribution is 2.34. The molecule has 5 heteroatoms. The zero-order valence-electron chi connectivity index (χ0n) is 14.8. The van der Waals surface area contributed by atoms with E-state index in [2.05, 4.69) is 16.3 Å². The Hall–Kier alpha value is -1.75. The number of amides is 1. The van der Waals surface area contributed by atoms with Crippen LogP contribution in [0, 0.1) is 5.92 Å². The molecule has 25 heavy (non-hydrogen) atoms.